The highest BCUT2D eigenvalue weighted by atomic mass is 16.6. The Morgan fingerprint density at radius 1 is 1.30 bits per heavy atom. The Morgan fingerprint density at radius 2 is 2.05 bits per heavy atom. The molecule has 0 spiro atoms. The van der Waals surface area contributed by atoms with Gasteiger partial charge in [0.25, 0.3) is 5.69 Å². The lowest BCUT2D eigenvalue weighted by Gasteiger charge is -2.09. The largest absolute Gasteiger partial charge is 0.439 e. The minimum atomic E-state index is -0.402. The van der Waals surface area contributed by atoms with E-state index in [1.807, 2.05) is 6.07 Å². The zero-order valence-electron chi connectivity index (χ0n) is 11.3. The number of hydrogen-bond donors (Lipinski definition) is 1. The average Bonchev–Trinajstić information content (AvgIpc) is 2.43. The molecule has 2 aromatic rings. The third-order valence-corrected chi connectivity index (χ3v) is 2.94. The van der Waals surface area contributed by atoms with Crippen LogP contribution in [0.25, 0.3) is 0 Å². The van der Waals surface area contributed by atoms with Crippen molar-refractivity contribution >= 4 is 5.69 Å². The first-order valence-corrected chi connectivity index (χ1v) is 6.09. The monoisotopic (exact) mass is 273 g/mol. The standard InChI is InChI=1S/C14H15N3O3/c1-9-6-13(10(2)5-12(9)17(18)19)20-14-4-3-11(7-15)8-16-14/h3-6,8H,7,15H2,1-2H3. The summed E-state index contributed by atoms with van der Waals surface area (Å²) >= 11 is 0. The SMILES string of the molecule is Cc1cc([N+](=O)[O-])c(C)cc1Oc1ccc(CN)cn1. The van der Waals surface area contributed by atoms with E-state index in [-0.39, 0.29) is 5.69 Å². The molecule has 0 fully saturated rings. The number of nitrogens with two attached hydrogens (primary N) is 1. The number of ether oxygens (including phenoxy) is 1. The number of nitro benzene ring substituents is 1. The molecule has 0 aliphatic carbocycles. The molecule has 6 nitrogen and oxygen atoms in total. The van der Waals surface area contributed by atoms with Crippen LogP contribution in [0.4, 0.5) is 5.69 Å². The predicted molar refractivity (Wildman–Crippen MR) is 74.8 cm³/mol. The first-order chi connectivity index (χ1) is 9.51. The molecule has 1 aromatic heterocycles. The first-order valence-electron chi connectivity index (χ1n) is 6.09. The molecule has 0 amide bonds. The predicted octanol–water partition coefficient (Wildman–Crippen LogP) is 2.86. The fraction of sp³-hybridized carbons (Fsp3) is 0.214. The van der Waals surface area contributed by atoms with E-state index in [0.29, 0.717) is 29.3 Å². The van der Waals surface area contributed by atoms with E-state index in [2.05, 4.69) is 4.98 Å². The first kappa shape index (κ1) is 14.0. The molecule has 0 unspecified atom stereocenters. The van der Waals surface area contributed by atoms with Gasteiger partial charge in [-0.15, -0.1) is 0 Å². The lowest BCUT2D eigenvalue weighted by molar-refractivity contribution is -0.385. The second-order valence-electron chi connectivity index (χ2n) is 4.47. The van der Waals surface area contributed by atoms with Crippen molar-refractivity contribution in [2.24, 2.45) is 5.73 Å². The summed E-state index contributed by atoms with van der Waals surface area (Å²) in [5, 5.41) is 10.9. The third-order valence-electron chi connectivity index (χ3n) is 2.94. The minimum Gasteiger partial charge on any atom is -0.439 e. The van der Waals surface area contributed by atoms with Crippen LogP contribution in [0.2, 0.25) is 0 Å². The number of nitrogens with zero attached hydrogens (tertiary/aromatic N) is 2. The number of rotatable bonds is 4. The van der Waals surface area contributed by atoms with Crippen LogP contribution in [0, 0.1) is 24.0 Å². The molecular weight excluding hydrogens is 258 g/mol. The smallest absolute Gasteiger partial charge is 0.272 e. The topological polar surface area (TPSA) is 91.3 Å². The maximum absolute atomic E-state index is 10.9. The van der Waals surface area contributed by atoms with E-state index in [1.54, 1.807) is 32.2 Å². The molecule has 6 heteroatoms. The van der Waals surface area contributed by atoms with Crippen LogP contribution in [0.1, 0.15) is 16.7 Å². The lowest BCUT2D eigenvalue weighted by Crippen LogP contribution is -1.98. The van der Waals surface area contributed by atoms with E-state index >= 15 is 0 Å². The van der Waals surface area contributed by atoms with Crippen molar-refractivity contribution in [2.75, 3.05) is 0 Å². The van der Waals surface area contributed by atoms with Crippen molar-refractivity contribution in [3.8, 4) is 11.6 Å². The van der Waals surface area contributed by atoms with Crippen molar-refractivity contribution in [1.82, 2.24) is 4.98 Å². The second-order valence-corrected chi connectivity index (χ2v) is 4.47. The van der Waals surface area contributed by atoms with E-state index in [0.717, 1.165) is 5.56 Å². The summed E-state index contributed by atoms with van der Waals surface area (Å²) in [5.74, 6) is 0.986. The van der Waals surface area contributed by atoms with Crippen LogP contribution in [0.3, 0.4) is 0 Å². The van der Waals surface area contributed by atoms with Crippen LogP contribution in [0.5, 0.6) is 11.6 Å². The molecule has 0 bridgehead atoms. The van der Waals surface area contributed by atoms with Crippen molar-refractivity contribution in [1.29, 1.82) is 0 Å². The van der Waals surface area contributed by atoms with Gasteiger partial charge in [0.05, 0.1) is 4.92 Å². The highest BCUT2D eigenvalue weighted by molar-refractivity contribution is 5.50. The van der Waals surface area contributed by atoms with Crippen molar-refractivity contribution in [3.63, 3.8) is 0 Å². The Balaban J connectivity index is 2.29. The molecular formula is C14H15N3O3. The van der Waals surface area contributed by atoms with E-state index in [9.17, 15) is 10.1 Å². The quantitative estimate of drug-likeness (QED) is 0.683. The fourth-order valence-electron chi connectivity index (χ4n) is 1.79. The Kier molecular flexibility index (Phi) is 3.95. The molecule has 2 N–H and O–H groups in total. The van der Waals surface area contributed by atoms with Crippen LogP contribution in [-0.2, 0) is 6.54 Å². The Labute approximate surface area is 116 Å². The molecule has 20 heavy (non-hydrogen) atoms. The van der Waals surface area contributed by atoms with Gasteiger partial charge in [0.2, 0.25) is 5.88 Å². The van der Waals surface area contributed by atoms with Crippen LogP contribution < -0.4 is 10.5 Å². The summed E-state index contributed by atoms with van der Waals surface area (Å²) in [7, 11) is 0. The second kappa shape index (κ2) is 5.66. The van der Waals surface area contributed by atoms with Gasteiger partial charge in [0, 0.05) is 30.4 Å². The molecule has 104 valence electrons. The highest BCUT2D eigenvalue weighted by Crippen LogP contribution is 2.30. The van der Waals surface area contributed by atoms with Gasteiger partial charge in [-0.3, -0.25) is 10.1 Å². The number of benzene rings is 1. The number of pyridine rings is 1. The maximum atomic E-state index is 10.9. The summed E-state index contributed by atoms with van der Waals surface area (Å²) in [6.45, 7) is 3.86. The Bertz CT molecular complexity index is 639. The molecule has 0 radical (unpaired) electrons. The van der Waals surface area contributed by atoms with Gasteiger partial charge >= 0.3 is 0 Å². The van der Waals surface area contributed by atoms with Gasteiger partial charge in [-0.05, 0) is 31.0 Å². The average molecular weight is 273 g/mol. The van der Waals surface area contributed by atoms with Gasteiger partial charge in [0.1, 0.15) is 5.75 Å². The van der Waals surface area contributed by atoms with E-state index in [1.165, 1.54) is 6.07 Å². The molecule has 1 aromatic carbocycles. The van der Waals surface area contributed by atoms with Crippen LogP contribution in [0.15, 0.2) is 30.5 Å². The zero-order valence-corrected chi connectivity index (χ0v) is 11.3. The van der Waals surface area contributed by atoms with Gasteiger partial charge in [0.15, 0.2) is 0 Å². The normalized spacial score (nSPS) is 10.3. The van der Waals surface area contributed by atoms with Crippen molar-refractivity contribution in [3.05, 3.63) is 57.3 Å². The Morgan fingerprint density at radius 3 is 2.60 bits per heavy atom. The molecule has 0 aliphatic rings. The van der Waals surface area contributed by atoms with Crippen molar-refractivity contribution < 1.29 is 9.66 Å². The zero-order chi connectivity index (χ0) is 14.7. The number of aromatic nitrogens is 1. The van der Waals surface area contributed by atoms with Crippen LogP contribution >= 0.6 is 0 Å². The molecule has 1 heterocycles. The summed E-state index contributed by atoms with van der Waals surface area (Å²) in [5.41, 5.74) is 7.73. The van der Waals surface area contributed by atoms with Gasteiger partial charge in [-0.25, -0.2) is 4.98 Å². The van der Waals surface area contributed by atoms with Crippen LogP contribution in [-0.4, -0.2) is 9.91 Å². The third kappa shape index (κ3) is 2.92. The minimum absolute atomic E-state index is 0.0845. The summed E-state index contributed by atoms with van der Waals surface area (Å²) in [6, 6.07) is 6.69. The summed E-state index contributed by atoms with van der Waals surface area (Å²) in [4.78, 5) is 14.6. The number of hydrogen-bond acceptors (Lipinski definition) is 5. The number of nitro groups is 1. The van der Waals surface area contributed by atoms with E-state index < -0.39 is 4.92 Å². The molecule has 0 saturated carbocycles. The van der Waals surface area contributed by atoms with Gasteiger partial charge in [-0.2, -0.15) is 0 Å². The molecule has 0 aliphatic heterocycles. The molecule has 0 atom stereocenters. The van der Waals surface area contributed by atoms with E-state index in [4.69, 9.17) is 10.5 Å². The fourth-order valence-corrected chi connectivity index (χ4v) is 1.79. The van der Waals surface area contributed by atoms with Gasteiger partial charge in [-0.1, -0.05) is 6.07 Å². The van der Waals surface area contributed by atoms with Crippen molar-refractivity contribution in [2.45, 2.75) is 20.4 Å². The summed E-state index contributed by atoms with van der Waals surface area (Å²) < 4.78 is 5.65. The highest BCUT2D eigenvalue weighted by Gasteiger charge is 2.14. The lowest BCUT2D eigenvalue weighted by atomic mass is 10.1. The molecule has 2 rings (SSSR count). The van der Waals surface area contributed by atoms with Gasteiger partial charge < -0.3 is 10.5 Å². The number of aryl methyl sites for hydroxylation is 2. The summed E-state index contributed by atoms with van der Waals surface area (Å²) in [6.07, 6.45) is 1.64. The maximum Gasteiger partial charge on any atom is 0.272 e. The molecule has 0 saturated heterocycles. The Hall–Kier alpha value is -2.47.